The molecule has 60 heavy (non-hydrogen) atoms. The predicted molar refractivity (Wildman–Crippen MR) is 252 cm³/mol. The number of anilines is 3. The molecule has 0 aliphatic carbocycles. The Morgan fingerprint density at radius 3 is 1.80 bits per heavy atom. The van der Waals surface area contributed by atoms with Gasteiger partial charge < -0.3 is 14.4 Å². The monoisotopic (exact) mass is 787 g/mol. The molecule has 9 aromatic carbocycles. The normalized spacial score (nSPS) is 14.2. The van der Waals surface area contributed by atoms with E-state index in [0.29, 0.717) is 5.44 Å². The van der Waals surface area contributed by atoms with Crippen LogP contribution in [0.4, 0.5) is 17.1 Å². The molecule has 0 fully saturated rings. The van der Waals surface area contributed by atoms with Gasteiger partial charge in [-0.25, -0.2) is 0 Å². The number of rotatable bonds is 5. The van der Waals surface area contributed by atoms with E-state index in [1.54, 1.807) is 0 Å². The number of fused-ring (bicyclic) bond motifs is 13. The van der Waals surface area contributed by atoms with Gasteiger partial charge in [0.05, 0.1) is 17.1 Å². The van der Waals surface area contributed by atoms with Crippen molar-refractivity contribution in [2.75, 3.05) is 16.8 Å². The fourth-order valence-electron chi connectivity index (χ4n) is 9.88. The number of hydrogen-bond acceptors (Lipinski definition) is 4. The van der Waals surface area contributed by atoms with E-state index in [4.69, 9.17) is 4.98 Å². The smallest absolute Gasteiger partial charge is 0.188 e. The van der Waals surface area contributed by atoms with Gasteiger partial charge in [0, 0.05) is 40.5 Å². The van der Waals surface area contributed by atoms with Gasteiger partial charge in [0.15, 0.2) is 7.14 Å². The summed E-state index contributed by atoms with van der Waals surface area (Å²) in [4.78, 5) is 9.96. The molecule has 12 rings (SSSR count). The van der Waals surface area contributed by atoms with E-state index in [1.165, 1.54) is 77.2 Å². The second-order valence-corrected chi connectivity index (χ2v) is 18.6. The van der Waals surface area contributed by atoms with E-state index >= 15 is 4.57 Å². The third kappa shape index (κ3) is 5.11. The Labute approximate surface area is 349 Å². The van der Waals surface area contributed by atoms with Crippen molar-refractivity contribution in [2.24, 2.45) is 0 Å². The van der Waals surface area contributed by atoms with E-state index in [0.717, 1.165) is 21.7 Å². The van der Waals surface area contributed by atoms with E-state index in [1.807, 2.05) is 72.9 Å². The zero-order valence-electron chi connectivity index (χ0n) is 32.9. The highest BCUT2D eigenvalue weighted by Gasteiger charge is 2.42. The highest BCUT2D eigenvalue weighted by atomic mass is 31.2. The van der Waals surface area contributed by atoms with E-state index < -0.39 is 7.14 Å². The van der Waals surface area contributed by atoms with E-state index in [2.05, 4.69) is 150 Å². The maximum atomic E-state index is 15.1. The molecular formula is C55H38N3OP. The van der Waals surface area contributed by atoms with Crippen LogP contribution in [0.3, 0.4) is 0 Å². The molecule has 0 saturated carbocycles. The van der Waals surface area contributed by atoms with Crippen LogP contribution in [0.25, 0.3) is 65.7 Å². The standard InChI is InChI=1S/C55H38N3OP/c1-57-51-30-26-39(48-33-38-15-9-10-20-43(38)45-22-12-13-23-46(45)48)34-52(51)58-50-29-25-37(32-49(50)47-28-24-36-14-8-11-21-44(36)54(47)55(57)58)40-27-31-53(56-35-40)60(59,41-16-4-2-5-17-41)42-18-6-3-7-19-42/h2-35,55H,1H3. The Bertz CT molecular complexity index is 3340. The van der Waals surface area contributed by atoms with Crippen molar-refractivity contribution >= 4 is 72.6 Å². The van der Waals surface area contributed by atoms with Gasteiger partial charge in [0.1, 0.15) is 11.6 Å². The van der Waals surface area contributed by atoms with Crippen molar-refractivity contribution in [3.05, 3.63) is 212 Å². The first-order valence-corrected chi connectivity index (χ1v) is 22.2. The van der Waals surface area contributed by atoms with Crippen LogP contribution in [0.1, 0.15) is 11.7 Å². The summed E-state index contributed by atoms with van der Waals surface area (Å²) >= 11 is 0. The molecular weight excluding hydrogens is 750 g/mol. The molecule has 284 valence electrons. The second-order valence-electron chi connectivity index (χ2n) is 15.9. The van der Waals surface area contributed by atoms with Crippen LogP contribution in [-0.4, -0.2) is 12.0 Å². The topological polar surface area (TPSA) is 36.4 Å². The first-order valence-electron chi connectivity index (χ1n) is 20.5. The summed E-state index contributed by atoms with van der Waals surface area (Å²) in [7, 11) is -0.966. The van der Waals surface area contributed by atoms with Crippen LogP contribution in [0.15, 0.2) is 206 Å². The minimum atomic E-state index is -3.20. The van der Waals surface area contributed by atoms with Crippen LogP contribution in [0.5, 0.6) is 0 Å². The number of aromatic nitrogens is 1. The lowest BCUT2D eigenvalue weighted by Gasteiger charge is -2.39. The van der Waals surface area contributed by atoms with Gasteiger partial charge in [-0.3, -0.25) is 4.98 Å². The molecule has 1 atom stereocenters. The first-order chi connectivity index (χ1) is 29.6. The van der Waals surface area contributed by atoms with Crippen molar-refractivity contribution in [3.8, 4) is 33.4 Å². The average Bonchev–Trinajstić information content (AvgIpc) is 3.62. The highest BCUT2D eigenvalue weighted by molar-refractivity contribution is 7.85. The van der Waals surface area contributed by atoms with Crippen LogP contribution in [0.2, 0.25) is 0 Å². The predicted octanol–water partition coefficient (Wildman–Crippen LogP) is 12.8. The zero-order valence-corrected chi connectivity index (χ0v) is 33.8. The van der Waals surface area contributed by atoms with Gasteiger partial charge in [-0.15, -0.1) is 0 Å². The summed E-state index contributed by atoms with van der Waals surface area (Å²) in [5.74, 6) is 0. The fourth-order valence-corrected chi connectivity index (χ4v) is 12.4. The van der Waals surface area contributed by atoms with Crippen molar-refractivity contribution in [1.29, 1.82) is 0 Å². The van der Waals surface area contributed by atoms with Crippen LogP contribution >= 0.6 is 7.14 Å². The number of hydrogen-bond donors (Lipinski definition) is 0. The van der Waals surface area contributed by atoms with Crippen LogP contribution in [-0.2, 0) is 4.57 Å². The Morgan fingerprint density at radius 2 is 1.07 bits per heavy atom. The summed E-state index contributed by atoms with van der Waals surface area (Å²) in [5.41, 5.74) is 12.3. The van der Waals surface area contributed by atoms with E-state index in [9.17, 15) is 0 Å². The lowest BCUT2D eigenvalue weighted by atomic mass is 9.86. The SMILES string of the molecule is CN1c2ccc(-c3cc4ccccc4c4ccccc34)cc2N2c3ccc(-c4ccc(P(=O)(c5ccccc5)c5ccccc5)nc4)cc3-c3ccc4ccccc4c3C12. The molecule has 5 heteroatoms. The minimum Gasteiger partial charge on any atom is -0.348 e. The molecule has 10 aromatic rings. The largest absolute Gasteiger partial charge is 0.348 e. The highest BCUT2D eigenvalue weighted by Crippen LogP contribution is 2.59. The maximum absolute atomic E-state index is 15.1. The van der Waals surface area contributed by atoms with Gasteiger partial charge >= 0.3 is 0 Å². The lowest BCUT2D eigenvalue weighted by molar-refractivity contribution is 0.592. The molecule has 2 aliphatic rings. The van der Waals surface area contributed by atoms with Crippen LogP contribution in [0, 0.1) is 0 Å². The average molecular weight is 788 g/mol. The third-order valence-corrected chi connectivity index (χ3v) is 15.7. The molecule has 0 bridgehead atoms. The molecule has 1 aromatic heterocycles. The molecule has 0 saturated heterocycles. The number of nitrogens with zero attached hydrogens (tertiary/aromatic N) is 3. The van der Waals surface area contributed by atoms with E-state index in [-0.39, 0.29) is 6.17 Å². The van der Waals surface area contributed by atoms with Gasteiger partial charge in [0.25, 0.3) is 0 Å². The van der Waals surface area contributed by atoms with Crippen molar-refractivity contribution in [3.63, 3.8) is 0 Å². The van der Waals surface area contributed by atoms with Crippen LogP contribution < -0.4 is 25.8 Å². The second kappa shape index (κ2) is 13.4. The Kier molecular flexibility index (Phi) is 7.76. The van der Waals surface area contributed by atoms with Gasteiger partial charge in [-0.2, -0.15) is 0 Å². The molecule has 0 amide bonds. The molecule has 4 nitrogen and oxygen atoms in total. The number of pyridine rings is 1. The van der Waals surface area contributed by atoms with Gasteiger partial charge in [-0.05, 0) is 91.0 Å². The quantitative estimate of drug-likeness (QED) is 0.129. The minimum absolute atomic E-state index is 0.0332. The maximum Gasteiger partial charge on any atom is 0.188 e. The summed E-state index contributed by atoms with van der Waals surface area (Å²) in [6, 6.07) is 70.5. The lowest BCUT2D eigenvalue weighted by Crippen LogP contribution is -2.33. The first kappa shape index (κ1) is 34.8. The van der Waals surface area contributed by atoms with Crippen molar-refractivity contribution in [1.82, 2.24) is 4.98 Å². The van der Waals surface area contributed by atoms with Gasteiger partial charge in [0.2, 0.25) is 0 Å². The Balaban J connectivity index is 1.02. The molecule has 0 spiro atoms. The Hall–Kier alpha value is -7.26. The molecule has 0 radical (unpaired) electrons. The van der Waals surface area contributed by atoms with Crippen molar-refractivity contribution < 1.29 is 4.57 Å². The summed E-state index contributed by atoms with van der Waals surface area (Å²) < 4.78 is 15.1. The summed E-state index contributed by atoms with van der Waals surface area (Å²) in [6.07, 6.45) is 1.86. The Morgan fingerprint density at radius 1 is 0.450 bits per heavy atom. The molecule has 0 N–H and O–H groups in total. The van der Waals surface area contributed by atoms with Crippen molar-refractivity contribution in [2.45, 2.75) is 6.17 Å². The molecule has 3 heterocycles. The summed E-state index contributed by atoms with van der Waals surface area (Å²) in [5, 5.41) is 9.06. The molecule has 1 unspecified atom stereocenters. The summed E-state index contributed by atoms with van der Waals surface area (Å²) in [6.45, 7) is 0. The fraction of sp³-hybridized carbons (Fsp3) is 0.0364. The molecule has 2 aliphatic heterocycles. The van der Waals surface area contributed by atoms with Gasteiger partial charge in [-0.1, -0.05) is 164 Å². The zero-order chi connectivity index (χ0) is 40.0. The third-order valence-electron chi connectivity index (χ3n) is 12.7. The number of benzene rings is 9.